The summed E-state index contributed by atoms with van der Waals surface area (Å²) in [6.45, 7) is 7.43. The predicted molar refractivity (Wildman–Crippen MR) is 81.9 cm³/mol. The van der Waals surface area contributed by atoms with Gasteiger partial charge in [0.1, 0.15) is 17.1 Å². The van der Waals surface area contributed by atoms with Crippen molar-refractivity contribution in [2.45, 2.75) is 40.7 Å². The lowest BCUT2D eigenvalue weighted by atomic mass is 10.0. The molecule has 0 bridgehead atoms. The number of nitrogens with one attached hydrogen (secondary N) is 1. The van der Waals surface area contributed by atoms with Crippen LogP contribution in [0, 0.1) is 13.8 Å². The number of H-pyrrole nitrogens is 1. The molecule has 0 aliphatic carbocycles. The summed E-state index contributed by atoms with van der Waals surface area (Å²) in [6.07, 6.45) is 0.622. The molecule has 0 radical (unpaired) electrons. The maximum absolute atomic E-state index is 12.6. The van der Waals surface area contributed by atoms with E-state index in [1.165, 1.54) is 6.92 Å². The Hall–Kier alpha value is -2.37. The molecule has 0 atom stereocenters. The number of aromatic nitrogens is 2. The minimum absolute atomic E-state index is 0.0283. The topological polar surface area (TPSA) is 79.2 Å². The second-order valence-electron chi connectivity index (χ2n) is 5.48. The second-order valence-corrected chi connectivity index (χ2v) is 5.48. The van der Waals surface area contributed by atoms with Gasteiger partial charge in [-0.05, 0) is 32.8 Å². The third kappa shape index (κ3) is 2.95. The lowest BCUT2D eigenvalue weighted by Gasteiger charge is -2.15. The van der Waals surface area contributed by atoms with Crippen LogP contribution in [0.3, 0.4) is 0 Å². The summed E-state index contributed by atoms with van der Waals surface area (Å²) in [5.41, 5.74) is 3.31. The number of carbonyl (C=O) groups is 2. The zero-order valence-corrected chi connectivity index (χ0v) is 13.6. The number of Topliss-reactive ketones (excluding diaryl/α,β-unsaturated/α-hetero) is 1. The van der Waals surface area contributed by atoms with E-state index in [9.17, 15) is 9.59 Å². The molecule has 0 saturated heterocycles. The highest BCUT2D eigenvalue weighted by Crippen LogP contribution is 2.22. The largest absolute Gasteiger partial charge is 0.361 e. The van der Waals surface area contributed by atoms with Crippen LogP contribution in [0.15, 0.2) is 10.6 Å². The average molecular weight is 303 g/mol. The van der Waals surface area contributed by atoms with Gasteiger partial charge in [0, 0.05) is 24.4 Å². The van der Waals surface area contributed by atoms with Crippen molar-refractivity contribution in [2.75, 3.05) is 7.05 Å². The van der Waals surface area contributed by atoms with Crippen molar-refractivity contribution < 1.29 is 14.1 Å². The summed E-state index contributed by atoms with van der Waals surface area (Å²) in [6, 6.07) is 1.80. The van der Waals surface area contributed by atoms with Gasteiger partial charge in [0.15, 0.2) is 5.78 Å². The van der Waals surface area contributed by atoms with Crippen LogP contribution in [0.25, 0.3) is 0 Å². The van der Waals surface area contributed by atoms with E-state index in [-0.39, 0.29) is 11.7 Å². The van der Waals surface area contributed by atoms with Gasteiger partial charge in [-0.3, -0.25) is 9.59 Å². The van der Waals surface area contributed by atoms with Crippen LogP contribution in [-0.4, -0.2) is 33.8 Å². The molecule has 2 heterocycles. The molecule has 0 aliphatic heterocycles. The summed E-state index contributed by atoms with van der Waals surface area (Å²) in [7, 11) is 1.70. The molecule has 0 saturated carbocycles. The monoisotopic (exact) mass is 303 g/mol. The molecule has 118 valence electrons. The highest BCUT2D eigenvalue weighted by atomic mass is 16.5. The summed E-state index contributed by atoms with van der Waals surface area (Å²) in [5.74, 6) is 0.521. The van der Waals surface area contributed by atoms with Gasteiger partial charge in [0.2, 0.25) is 0 Å². The molecule has 0 aliphatic rings. The molecule has 1 N–H and O–H groups in total. The van der Waals surface area contributed by atoms with Crippen molar-refractivity contribution in [1.82, 2.24) is 15.0 Å². The lowest BCUT2D eigenvalue weighted by Crippen LogP contribution is -2.27. The Morgan fingerprint density at radius 3 is 2.55 bits per heavy atom. The van der Waals surface area contributed by atoms with E-state index in [4.69, 9.17) is 4.52 Å². The first-order valence-electron chi connectivity index (χ1n) is 7.25. The summed E-state index contributed by atoms with van der Waals surface area (Å²) < 4.78 is 5.01. The zero-order valence-electron chi connectivity index (χ0n) is 13.6. The molecule has 0 fully saturated rings. The standard InChI is InChI=1S/C16H21N3O3/c1-6-13-14(11(4)20)10(3)17-15(13)16(21)19(5)8-12-7-9(2)22-18-12/h7,17H,6,8H2,1-5H3. The fourth-order valence-electron chi connectivity index (χ4n) is 2.69. The number of hydrogen-bond acceptors (Lipinski definition) is 4. The van der Waals surface area contributed by atoms with Gasteiger partial charge in [0.25, 0.3) is 5.91 Å². The van der Waals surface area contributed by atoms with Crippen LogP contribution in [0.1, 0.15) is 57.4 Å². The smallest absolute Gasteiger partial charge is 0.270 e. The van der Waals surface area contributed by atoms with Crippen LogP contribution in [0.5, 0.6) is 0 Å². The Bertz CT molecular complexity index is 712. The maximum atomic E-state index is 12.6. The Balaban J connectivity index is 2.29. The molecule has 0 spiro atoms. The molecule has 6 nitrogen and oxygen atoms in total. The van der Waals surface area contributed by atoms with Crippen LogP contribution in [0.2, 0.25) is 0 Å². The Kier molecular flexibility index (Phi) is 4.49. The summed E-state index contributed by atoms with van der Waals surface area (Å²) >= 11 is 0. The minimum Gasteiger partial charge on any atom is -0.361 e. The number of amides is 1. The Labute approximate surface area is 129 Å². The normalized spacial score (nSPS) is 10.8. The average Bonchev–Trinajstić information content (AvgIpc) is 3.00. The Morgan fingerprint density at radius 2 is 2.05 bits per heavy atom. The molecule has 2 aromatic heterocycles. The maximum Gasteiger partial charge on any atom is 0.270 e. The van der Waals surface area contributed by atoms with Gasteiger partial charge in [-0.15, -0.1) is 0 Å². The quantitative estimate of drug-likeness (QED) is 0.861. The first kappa shape index (κ1) is 16.0. The van der Waals surface area contributed by atoms with Crippen molar-refractivity contribution >= 4 is 11.7 Å². The fraction of sp³-hybridized carbons (Fsp3) is 0.438. The molecule has 22 heavy (non-hydrogen) atoms. The third-order valence-corrected chi connectivity index (χ3v) is 3.63. The SMILES string of the molecule is CCc1c(C(=O)N(C)Cc2cc(C)on2)[nH]c(C)c1C(C)=O. The van der Waals surface area contributed by atoms with Gasteiger partial charge < -0.3 is 14.4 Å². The number of aryl methyl sites for hydroxylation is 2. The molecular weight excluding hydrogens is 282 g/mol. The number of ketones is 1. The van der Waals surface area contributed by atoms with E-state index in [1.807, 2.05) is 13.8 Å². The first-order valence-corrected chi connectivity index (χ1v) is 7.25. The van der Waals surface area contributed by atoms with Gasteiger partial charge in [0.05, 0.1) is 6.54 Å². The fourth-order valence-corrected chi connectivity index (χ4v) is 2.69. The molecule has 0 aromatic carbocycles. The summed E-state index contributed by atoms with van der Waals surface area (Å²) in [4.78, 5) is 29.0. The van der Waals surface area contributed by atoms with Crippen LogP contribution >= 0.6 is 0 Å². The van der Waals surface area contributed by atoms with Crippen LogP contribution < -0.4 is 0 Å². The molecule has 1 amide bonds. The molecule has 2 rings (SSSR count). The van der Waals surface area contributed by atoms with E-state index in [0.29, 0.717) is 35.7 Å². The predicted octanol–water partition coefficient (Wildman–Crippen LogP) is 2.66. The van der Waals surface area contributed by atoms with Crippen molar-refractivity contribution in [3.05, 3.63) is 40.0 Å². The van der Waals surface area contributed by atoms with E-state index in [0.717, 1.165) is 11.3 Å². The van der Waals surface area contributed by atoms with Crippen molar-refractivity contribution in [2.24, 2.45) is 0 Å². The Morgan fingerprint density at radius 1 is 1.36 bits per heavy atom. The molecule has 0 unspecified atom stereocenters. The van der Waals surface area contributed by atoms with E-state index >= 15 is 0 Å². The zero-order chi connectivity index (χ0) is 16.4. The third-order valence-electron chi connectivity index (χ3n) is 3.63. The second kappa shape index (κ2) is 6.17. The number of rotatable bonds is 5. The van der Waals surface area contributed by atoms with E-state index in [2.05, 4.69) is 10.1 Å². The highest BCUT2D eigenvalue weighted by Gasteiger charge is 2.24. The number of aromatic amines is 1. The number of nitrogens with zero attached hydrogens (tertiary/aromatic N) is 2. The highest BCUT2D eigenvalue weighted by molar-refractivity contribution is 6.02. The van der Waals surface area contributed by atoms with Gasteiger partial charge in [-0.1, -0.05) is 12.1 Å². The van der Waals surface area contributed by atoms with Gasteiger partial charge >= 0.3 is 0 Å². The van der Waals surface area contributed by atoms with Crippen molar-refractivity contribution in [3.63, 3.8) is 0 Å². The molecular formula is C16H21N3O3. The van der Waals surface area contributed by atoms with Gasteiger partial charge in [-0.2, -0.15) is 0 Å². The van der Waals surface area contributed by atoms with Crippen LogP contribution in [0.4, 0.5) is 0 Å². The van der Waals surface area contributed by atoms with E-state index < -0.39 is 0 Å². The van der Waals surface area contributed by atoms with Crippen LogP contribution in [-0.2, 0) is 13.0 Å². The minimum atomic E-state index is -0.159. The van der Waals surface area contributed by atoms with Gasteiger partial charge in [-0.25, -0.2) is 0 Å². The van der Waals surface area contributed by atoms with Crippen molar-refractivity contribution in [1.29, 1.82) is 0 Å². The number of carbonyl (C=O) groups excluding carboxylic acids is 2. The van der Waals surface area contributed by atoms with Crippen molar-refractivity contribution in [3.8, 4) is 0 Å². The summed E-state index contributed by atoms with van der Waals surface area (Å²) in [5, 5.41) is 3.89. The molecule has 2 aromatic rings. The number of hydrogen-bond donors (Lipinski definition) is 1. The molecule has 6 heteroatoms. The lowest BCUT2D eigenvalue weighted by molar-refractivity contribution is 0.0776. The first-order chi connectivity index (χ1) is 10.3. The van der Waals surface area contributed by atoms with E-state index in [1.54, 1.807) is 24.9 Å².